The molecule has 0 spiro atoms. The second-order valence-electron chi connectivity index (χ2n) is 5.85. The monoisotopic (exact) mass is 267 g/mol. The lowest BCUT2D eigenvalue weighted by Gasteiger charge is -2.35. The lowest BCUT2D eigenvalue weighted by Crippen LogP contribution is -2.41. The molecule has 0 saturated carbocycles. The molecular formula is C14H25N3O2. The quantitative estimate of drug-likeness (QED) is 0.824. The molecule has 108 valence electrons. The molecule has 19 heavy (non-hydrogen) atoms. The molecule has 0 aliphatic carbocycles. The number of carboxylic acid groups (broad SMARTS) is 1. The molecule has 0 fully saturated rings. The molecule has 1 rings (SSSR count). The first-order valence-electron chi connectivity index (χ1n) is 6.81. The Morgan fingerprint density at radius 1 is 1.47 bits per heavy atom. The van der Waals surface area contributed by atoms with Gasteiger partial charge in [-0.1, -0.05) is 6.92 Å². The highest BCUT2D eigenvalue weighted by atomic mass is 16.4. The van der Waals surface area contributed by atoms with Crippen molar-refractivity contribution < 1.29 is 9.90 Å². The van der Waals surface area contributed by atoms with Crippen LogP contribution < -0.4 is 0 Å². The summed E-state index contributed by atoms with van der Waals surface area (Å²) in [4.78, 5) is 12.9. The van der Waals surface area contributed by atoms with Crippen LogP contribution in [0.1, 0.15) is 46.1 Å². The van der Waals surface area contributed by atoms with E-state index in [1.54, 1.807) is 0 Å². The van der Waals surface area contributed by atoms with E-state index in [1.165, 1.54) is 0 Å². The predicted octanol–water partition coefficient (Wildman–Crippen LogP) is 2.37. The van der Waals surface area contributed by atoms with E-state index in [-0.39, 0.29) is 12.0 Å². The van der Waals surface area contributed by atoms with Gasteiger partial charge in [-0.15, -0.1) is 0 Å². The van der Waals surface area contributed by atoms with Crippen LogP contribution in [-0.4, -0.2) is 37.8 Å². The summed E-state index contributed by atoms with van der Waals surface area (Å²) in [6.07, 6.45) is 5.14. The summed E-state index contributed by atoms with van der Waals surface area (Å²) in [5.41, 5.74) is 1.08. The molecular weight excluding hydrogens is 242 g/mol. The van der Waals surface area contributed by atoms with Crippen LogP contribution in [0, 0.1) is 0 Å². The fourth-order valence-corrected chi connectivity index (χ4v) is 1.94. The molecule has 0 radical (unpaired) electrons. The number of aromatic nitrogens is 2. The van der Waals surface area contributed by atoms with Crippen molar-refractivity contribution in [1.82, 2.24) is 14.7 Å². The SMILES string of the molecule is CCCn1cc(CN(CCC(=O)O)C(C)(C)C)cn1. The van der Waals surface area contributed by atoms with Crippen molar-refractivity contribution in [2.24, 2.45) is 0 Å². The zero-order chi connectivity index (χ0) is 14.5. The molecule has 1 heterocycles. The zero-order valence-corrected chi connectivity index (χ0v) is 12.4. The first-order chi connectivity index (χ1) is 8.82. The fraction of sp³-hybridized carbons (Fsp3) is 0.714. The van der Waals surface area contributed by atoms with E-state index in [0.29, 0.717) is 6.54 Å². The van der Waals surface area contributed by atoms with Crippen molar-refractivity contribution in [1.29, 1.82) is 0 Å². The number of aliphatic carboxylic acids is 1. The number of carbonyl (C=O) groups is 1. The third-order valence-corrected chi connectivity index (χ3v) is 3.06. The lowest BCUT2D eigenvalue weighted by atomic mass is 10.0. The van der Waals surface area contributed by atoms with Gasteiger partial charge in [-0.25, -0.2) is 0 Å². The van der Waals surface area contributed by atoms with Crippen molar-refractivity contribution >= 4 is 5.97 Å². The maximum absolute atomic E-state index is 10.7. The van der Waals surface area contributed by atoms with Gasteiger partial charge in [-0.2, -0.15) is 5.10 Å². The fourth-order valence-electron chi connectivity index (χ4n) is 1.94. The van der Waals surface area contributed by atoms with E-state index >= 15 is 0 Å². The molecule has 0 saturated heterocycles. The van der Waals surface area contributed by atoms with Crippen molar-refractivity contribution in [2.75, 3.05) is 6.54 Å². The maximum atomic E-state index is 10.7. The van der Waals surface area contributed by atoms with Gasteiger partial charge >= 0.3 is 5.97 Å². The Morgan fingerprint density at radius 3 is 2.68 bits per heavy atom. The van der Waals surface area contributed by atoms with Crippen molar-refractivity contribution in [3.63, 3.8) is 0 Å². The molecule has 0 unspecified atom stereocenters. The highest BCUT2D eigenvalue weighted by Gasteiger charge is 2.22. The molecule has 0 aliphatic heterocycles. The Morgan fingerprint density at radius 2 is 2.16 bits per heavy atom. The Kier molecular flexibility index (Phi) is 5.54. The summed E-state index contributed by atoms with van der Waals surface area (Å²) in [5.74, 6) is -0.754. The number of aryl methyl sites for hydroxylation is 1. The number of rotatable bonds is 7. The van der Waals surface area contributed by atoms with Crippen molar-refractivity contribution in [3.05, 3.63) is 18.0 Å². The second-order valence-corrected chi connectivity index (χ2v) is 5.85. The Hall–Kier alpha value is -1.36. The lowest BCUT2D eigenvalue weighted by molar-refractivity contribution is -0.137. The molecule has 0 aromatic carbocycles. The van der Waals surface area contributed by atoms with Gasteiger partial charge in [0.2, 0.25) is 0 Å². The van der Waals surface area contributed by atoms with Gasteiger partial charge in [-0.05, 0) is 27.2 Å². The molecule has 0 aliphatic rings. The van der Waals surface area contributed by atoms with Gasteiger partial charge in [0, 0.05) is 36.9 Å². The van der Waals surface area contributed by atoms with Gasteiger partial charge < -0.3 is 5.11 Å². The minimum atomic E-state index is -0.754. The largest absolute Gasteiger partial charge is 0.481 e. The Labute approximate surface area is 115 Å². The van der Waals surface area contributed by atoms with Crippen LogP contribution in [-0.2, 0) is 17.9 Å². The molecule has 1 aromatic heterocycles. The number of hydrogen-bond acceptors (Lipinski definition) is 3. The molecule has 0 bridgehead atoms. The number of nitrogens with zero attached hydrogens (tertiary/aromatic N) is 3. The minimum absolute atomic E-state index is 0.0533. The van der Waals surface area contributed by atoms with Crippen molar-refractivity contribution in [2.45, 2.75) is 59.2 Å². The highest BCUT2D eigenvalue weighted by Crippen LogP contribution is 2.17. The average Bonchev–Trinajstić information content (AvgIpc) is 2.70. The molecule has 1 N–H and O–H groups in total. The van der Waals surface area contributed by atoms with Crippen LogP contribution in [0.25, 0.3) is 0 Å². The minimum Gasteiger partial charge on any atom is -0.481 e. The standard InChI is InChI=1S/C14H25N3O2/c1-5-7-17-11-12(9-15-17)10-16(14(2,3)4)8-6-13(18)19/h9,11H,5-8,10H2,1-4H3,(H,18,19). The summed E-state index contributed by atoms with van der Waals surface area (Å²) in [5, 5.41) is 13.1. The molecule has 5 heteroatoms. The van der Waals surface area contributed by atoms with Gasteiger partial charge in [0.05, 0.1) is 12.6 Å². The zero-order valence-electron chi connectivity index (χ0n) is 12.4. The predicted molar refractivity (Wildman–Crippen MR) is 74.9 cm³/mol. The third kappa shape index (κ3) is 5.42. The van der Waals surface area contributed by atoms with Gasteiger partial charge in [0.25, 0.3) is 0 Å². The Bertz CT molecular complexity index is 407. The maximum Gasteiger partial charge on any atom is 0.304 e. The Balaban J connectivity index is 2.67. The van der Waals surface area contributed by atoms with Gasteiger partial charge in [0.1, 0.15) is 0 Å². The number of carboxylic acids is 1. The summed E-state index contributed by atoms with van der Waals surface area (Å²) in [7, 11) is 0. The summed E-state index contributed by atoms with van der Waals surface area (Å²) in [6.45, 7) is 10.6. The average molecular weight is 267 g/mol. The third-order valence-electron chi connectivity index (χ3n) is 3.06. The molecule has 0 atom stereocenters. The van der Waals surface area contributed by atoms with E-state index in [0.717, 1.165) is 25.1 Å². The van der Waals surface area contributed by atoms with E-state index < -0.39 is 5.97 Å². The van der Waals surface area contributed by atoms with Crippen molar-refractivity contribution in [3.8, 4) is 0 Å². The van der Waals surface area contributed by atoms with E-state index in [9.17, 15) is 4.79 Å². The van der Waals surface area contributed by atoms with E-state index in [1.807, 2.05) is 17.1 Å². The number of hydrogen-bond donors (Lipinski definition) is 1. The van der Waals surface area contributed by atoms with Gasteiger partial charge in [-0.3, -0.25) is 14.4 Å². The molecule has 1 aromatic rings. The van der Waals surface area contributed by atoms with Crippen LogP contribution in [0.4, 0.5) is 0 Å². The van der Waals surface area contributed by atoms with Crippen LogP contribution >= 0.6 is 0 Å². The van der Waals surface area contributed by atoms with Crippen LogP contribution in [0.5, 0.6) is 0 Å². The second kappa shape index (κ2) is 6.70. The normalized spacial score (nSPS) is 12.1. The van der Waals surface area contributed by atoms with E-state index in [2.05, 4.69) is 37.7 Å². The topological polar surface area (TPSA) is 58.4 Å². The summed E-state index contributed by atoms with van der Waals surface area (Å²) in [6, 6.07) is 0. The van der Waals surface area contributed by atoms with Gasteiger partial charge in [0.15, 0.2) is 0 Å². The smallest absolute Gasteiger partial charge is 0.304 e. The first-order valence-corrected chi connectivity index (χ1v) is 6.81. The van der Waals surface area contributed by atoms with Crippen LogP contribution in [0.2, 0.25) is 0 Å². The van der Waals surface area contributed by atoms with Crippen LogP contribution in [0.3, 0.4) is 0 Å². The summed E-state index contributed by atoms with van der Waals surface area (Å²) >= 11 is 0. The van der Waals surface area contributed by atoms with E-state index in [4.69, 9.17) is 5.11 Å². The first kappa shape index (κ1) is 15.7. The van der Waals surface area contributed by atoms with Crippen LogP contribution in [0.15, 0.2) is 12.4 Å². The highest BCUT2D eigenvalue weighted by molar-refractivity contribution is 5.66. The molecule has 5 nitrogen and oxygen atoms in total. The summed E-state index contributed by atoms with van der Waals surface area (Å²) < 4.78 is 1.94. The molecule has 0 amide bonds.